The van der Waals surface area contributed by atoms with Crippen LogP contribution in [0.5, 0.6) is 0 Å². The van der Waals surface area contributed by atoms with Gasteiger partial charge in [0.05, 0.1) is 32.0 Å². The first-order valence-corrected chi connectivity index (χ1v) is 17.7. The molecule has 1 unspecified atom stereocenters. The Morgan fingerprint density at radius 1 is 1.00 bits per heavy atom. The topological polar surface area (TPSA) is 73.9 Å². The molecule has 1 aromatic carbocycles. The zero-order valence-corrected chi connectivity index (χ0v) is 28.1. The zero-order chi connectivity index (χ0) is 31.2. The molecule has 0 aromatic heterocycles. The van der Waals surface area contributed by atoms with Crippen LogP contribution in [0.3, 0.4) is 0 Å². The van der Waals surface area contributed by atoms with E-state index < -0.39 is 12.0 Å². The van der Waals surface area contributed by atoms with Crippen molar-refractivity contribution < 1.29 is 23.8 Å². The molecule has 244 valence electrons. The molecule has 5 fully saturated rings. The van der Waals surface area contributed by atoms with E-state index in [4.69, 9.17) is 14.2 Å². The van der Waals surface area contributed by atoms with Gasteiger partial charge in [-0.25, -0.2) is 4.79 Å². The summed E-state index contributed by atoms with van der Waals surface area (Å²) < 4.78 is 18.1. The lowest BCUT2D eigenvalue weighted by Crippen LogP contribution is -2.54. The van der Waals surface area contributed by atoms with Crippen molar-refractivity contribution in [3.8, 4) is 0 Å². The van der Waals surface area contributed by atoms with Crippen LogP contribution in [0.2, 0.25) is 0 Å². The predicted octanol–water partition coefficient (Wildman–Crippen LogP) is 7.34. The van der Waals surface area contributed by atoms with Crippen molar-refractivity contribution in [2.45, 2.75) is 130 Å². The van der Waals surface area contributed by atoms with Crippen molar-refractivity contribution in [2.24, 2.45) is 52.3 Å². The highest BCUT2D eigenvalue weighted by Gasteiger charge is 2.65. The first-order chi connectivity index (χ1) is 21.0. The Bertz CT molecular complexity index is 1170. The third-order valence-electron chi connectivity index (χ3n) is 13.8. The summed E-state index contributed by atoms with van der Waals surface area (Å²) in [5.74, 6) is 3.71. The van der Waals surface area contributed by atoms with Gasteiger partial charge >= 0.3 is 5.97 Å². The fraction of sp³-hybridized carbons (Fsp3) is 0.789. The van der Waals surface area contributed by atoms with Crippen molar-refractivity contribution in [1.29, 1.82) is 0 Å². The Morgan fingerprint density at radius 2 is 1.75 bits per heavy atom. The third-order valence-corrected chi connectivity index (χ3v) is 13.8. The summed E-state index contributed by atoms with van der Waals surface area (Å²) in [5, 5.41) is 2.80. The summed E-state index contributed by atoms with van der Waals surface area (Å²) in [7, 11) is 1.35. The molecule has 1 heterocycles. The standard InChI is InChI=1S/C38H57NO5/c1-23(35(40)39-25(3)36(41)42-6)12-15-32-24(2)34-33(44-32)21-31-29-14-13-27-20-28(43-22-26-10-8-7-9-11-26)16-18-37(27,4)30(29)17-19-38(31,34)5/h7-11,23-25,27-34H,12-22H2,1-6H3,(H,39,40)/t23-,24+,25?,27+,28-,29+,30-,31-,32+,33-,34-,37-,38-/m0/s1. The predicted molar refractivity (Wildman–Crippen MR) is 171 cm³/mol. The van der Waals surface area contributed by atoms with Crippen LogP contribution in [0.1, 0.15) is 104 Å². The molecule has 13 atom stereocenters. The van der Waals surface area contributed by atoms with Gasteiger partial charge in [0.25, 0.3) is 0 Å². The second-order valence-corrected chi connectivity index (χ2v) is 16.0. The van der Waals surface area contributed by atoms with Gasteiger partial charge in [-0.3, -0.25) is 4.79 Å². The number of hydrogen-bond donors (Lipinski definition) is 1. The lowest BCUT2D eigenvalue weighted by molar-refractivity contribution is -0.145. The second-order valence-electron chi connectivity index (χ2n) is 16.0. The van der Waals surface area contributed by atoms with Crippen LogP contribution < -0.4 is 5.32 Å². The number of hydrogen-bond acceptors (Lipinski definition) is 5. The smallest absolute Gasteiger partial charge is 0.328 e. The number of carbonyl (C=O) groups excluding carboxylic acids is 2. The quantitative estimate of drug-likeness (QED) is 0.298. The van der Waals surface area contributed by atoms with Crippen LogP contribution in [0, 0.1) is 52.3 Å². The van der Waals surface area contributed by atoms with Crippen LogP contribution in [0.25, 0.3) is 0 Å². The molecule has 1 saturated heterocycles. The molecule has 0 radical (unpaired) electrons. The summed E-state index contributed by atoms with van der Waals surface area (Å²) in [4.78, 5) is 24.4. The van der Waals surface area contributed by atoms with E-state index in [2.05, 4.69) is 56.4 Å². The lowest BCUT2D eigenvalue weighted by Gasteiger charge is -2.61. The molecule has 44 heavy (non-hydrogen) atoms. The Kier molecular flexibility index (Phi) is 9.25. The molecule has 6 rings (SSSR count). The largest absolute Gasteiger partial charge is 0.467 e. The SMILES string of the molecule is COC(=O)C(C)NC(=O)[C@@H](C)CC[C@H]1O[C@H]2C[C@H]3[C@@H]4CC[C@@H]5C[C@@H](OCc6ccccc6)CC[C@]5(C)[C@H]4CC[C@]3(C)[C@H]2[C@@H]1C. The Hall–Kier alpha value is -1.92. The second kappa shape index (κ2) is 12.7. The number of amides is 1. The van der Waals surface area contributed by atoms with E-state index in [1.165, 1.54) is 64.0 Å². The maximum atomic E-state index is 12.7. The molecule has 1 aliphatic heterocycles. The highest BCUT2D eigenvalue weighted by atomic mass is 16.5. The van der Waals surface area contributed by atoms with E-state index in [0.29, 0.717) is 34.9 Å². The summed E-state index contributed by atoms with van der Waals surface area (Å²) in [6.07, 6.45) is 13.1. The summed E-state index contributed by atoms with van der Waals surface area (Å²) >= 11 is 0. The minimum absolute atomic E-state index is 0.0834. The van der Waals surface area contributed by atoms with Gasteiger partial charge < -0.3 is 19.5 Å². The zero-order valence-electron chi connectivity index (χ0n) is 28.1. The molecule has 5 aliphatic rings. The Balaban J connectivity index is 1.04. The first-order valence-electron chi connectivity index (χ1n) is 17.7. The molecule has 4 saturated carbocycles. The van der Waals surface area contributed by atoms with Gasteiger partial charge in [0.15, 0.2) is 0 Å². The van der Waals surface area contributed by atoms with Crippen molar-refractivity contribution in [3.63, 3.8) is 0 Å². The number of carbonyl (C=O) groups is 2. The average Bonchev–Trinajstić information content (AvgIpc) is 3.51. The van der Waals surface area contributed by atoms with Crippen molar-refractivity contribution >= 4 is 11.9 Å². The molecule has 6 heteroatoms. The number of nitrogens with one attached hydrogen (secondary N) is 1. The van der Waals surface area contributed by atoms with Crippen molar-refractivity contribution in [2.75, 3.05) is 7.11 Å². The highest BCUT2D eigenvalue weighted by molar-refractivity contribution is 5.85. The number of esters is 1. The van der Waals surface area contributed by atoms with Crippen LogP contribution in [0.4, 0.5) is 0 Å². The summed E-state index contributed by atoms with van der Waals surface area (Å²) in [5.41, 5.74) is 2.09. The van der Waals surface area contributed by atoms with E-state index in [1.807, 2.05) is 6.92 Å². The number of fused-ring (bicyclic) bond motifs is 7. The van der Waals surface area contributed by atoms with E-state index in [1.54, 1.807) is 6.92 Å². The van der Waals surface area contributed by atoms with Gasteiger partial charge in [-0.05, 0) is 123 Å². The summed E-state index contributed by atoms with van der Waals surface area (Å²) in [6, 6.07) is 10.0. The summed E-state index contributed by atoms with van der Waals surface area (Å²) in [6.45, 7) is 12.1. The van der Waals surface area contributed by atoms with Crippen LogP contribution in [-0.2, 0) is 30.4 Å². The van der Waals surface area contributed by atoms with Crippen LogP contribution >= 0.6 is 0 Å². The monoisotopic (exact) mass is 607 g/mol. The Morgan fingerprint density at radius 3 is 2.50 bits per heavy atom. The fourth-order valence-corrected chi connectivity index (χ4v) is 11.3. The third kappa shape index (κ3) is 5.76. The molecule has 1 N–H and O–H groups in total. The van der Waals surface area contributed by atoms with Gasteiger partial charge in [0.2, 0.25) is 5.91 Å². The van der Waals surface area contributed by atoms with Crippen molar-refractivity contribution in [3.05, 3.63) is 35.9 Å². The molecule has 0 spiro atoms. The number of methoxy groups -OCH3 is 1. The van der Waals surface area contributed by atoms with E-state index in [0.717, 1.165) is 43.1 Å². The number of rotatable bonds is 9. The number of ether oxygens (including phenoxy) is 3. The first kappa shape index (κ1) is 32.0. The molecule has 1 amide bonds. The van der Waals surface area contributed by atoms with Crippen LogP contribution in [0.15, 0.2) is 30.3 Å². The van der Waals surface area contributed by atoms with E-state index in [-0.39, 0.29) is 17.9 Å². The molecule has 0 bridgehead atoms. The maximum absolute atomic E-state index is 12.7. The highest BCUT2D eigenvalue weighted by Crippen LogP contribution is 2.70. The normalized spacial score (nSPS) is 42.3. The van der Waals surface area contributed by atoms with Crippen LogP contribution in [-0.4, -0.2) is 43.3 Å². The Labute approximate surface area is 265 Å². The molecule has 6 nitrogen and oxygen atoms in total. The average molecular weight is 608 g/mol. The molecular weight excluding hydrogens is 550 g/mol. The fourth-order valence-electron chi connectivity index (χ4n) is 11.3. The maximum Gasteiger partial charge on any atom is 0.328 e. The number of benzene rings is 1. The van der Waals surface area contributed by atoms with Gasteiger partial charge in [0.1, 0.15) is 6.04 Å². The van der Waals surface area contributed by atoms with Gasteiger partial charge in [-0.2, -0.15) is 0 Å². The molecule has 4 aliphatic carbocycles. The van der Waals surface area contributed by atoms with Gasteiger partial charge in [0, 0.05) is 5.92 Å². The van der Waals surface area contributed by atoms with Crippen molar-refractivity contribution in [1.82, 2.24) is 5.32 Å². The minimum atomic E-state index is -0.622. The minimum Gasteiger partial charge on any atom is -0.467 e. The van der Waals surface area contributed by atoms with E-state index in [9.17, 15) is 9.59 Å². The van der Waals surface area contributed by atoms with Gasteiger partial charge in [-0.1, -0.05) is 58.0 Å². The van der Waals surface area contributed by atoms with E-state index >= 15 is 0 Å². The lowest BCUT2D eigenvalue weighted by atomic mass is 9.44. The van der Waals surface area contributed by atoms with Gasteiger partial charge in [-0.15, -0.1) is 0 Å². The molecular formula is C38H57NO5. The molecule has 1 aromatic rings.